The molecule has 76 valence electrons. The minimum atomic E-state index is -1.18. The highest BCUT2D eigenvalue weighted by atomic mass is 35.5. The number of hydrogen-bond acceptors (Lipinski definition) is 1. The minimum Gasteiger partial charge on any atom is -0.478 e. The van der Waals surface area contributed by atoms with Crippen molar-refractivity contribution in [3.63, 3.8) is 0 Å². The van der Waals surface area contributed by atoms with Crippen molar-refractivity contribution in [1.29, 1.82) is 0 Å². The van der Waals surface area contributed by atoms with E-state index >= 15 is 0 Å². The number of carbonyl (C=O) groups is 1. The third-order valence-corrected chi connectivity index (χ3v) is 3.49. The van der Waals surface area contributed by atoms with Crippen LogP contribution in [-0.4, -0.2) is 11.1 Å². The fourth-order valence-electron chi connectivity index (χ4n) is 1.08. The van der Waals surface area contributed by atoms with Crippen LogP contribution in [0.5, 0.6) is 0 Å². The lowest BCUT2D eigenvalue weighted by Crippen LogP contribution is -2.02. The monoisotopic (exact) mass is 252 g/mol. The van der Waals surface area contributed by atoms with E-state index in [1.807, 2.05) is 0 Å². The third kappa shape index (κ3) is 1.70. The van der Waals surface area contributed by atoms with Crippen LogP contribution in [0.15, 0.2) is 0 Å². The summed E-state index contributed by atoms with van der Waals surface area (Å²) in [4.78, 5) is 10.8. The fourth-order valence-corrected chi connectivity index (χ4v) is 1.99. The molecule has 5 heteroatoms. The summed E-state index contributed by atoms with van der Waals surface area (Å²) in [5.74, 6) is -1.18. The zero-order valence-electron chi connectivity index (χ0n) is 7.49. The van der Waals surface area contributed by atoms with Gasteiger partial charge in [0.2, 0.25) is 0 Å². The van der Waals surface area contributed by atoms with E-state index in [4.69, 9.17) is 39.9 Å². The van der Waals surface area contributed by atoms with Gasteiger partial charge >= 0.3 is 5.97 Å². The lowest BCUT2D eigenvalue weighted by atomic mass is 10.1. The molecule has 0 saturated heterocycles. The average Bonchev–Trinajstić information content (AvgIpc) is 2.11. The van der Waals surface area contributed by atoms with E-state index in [9.17, 15) is 4.79 Å². The molecule has 0 amide bonds. The maximum absolute atomic E-state index is 10.8. The van der Waals surface area contributed by atoms with E-state index < -0.39 is 5.97 Å². The standard InChI is InChI=1S/C9H7Cl3O2/c1-3-4(2)7(11)8(12)5(6(3)10)9(13)14/h1-2H3,(H,13,14). The van der Waals surface area contributed by atoms with Gasteiger partial charge in [-0.3, -0.25) is 0 Å². The molecule has 0 bridgehead atoms. The molecule has 0 aromatic heterocycles. The van der Waals surface area contributed by atoms with Crippen molar-refractivity contribution in [2.45, 2.75) is 13.8 Å². The fraction of sp³-hybridized carbons (Fsp3) is 0.222. The summed E-state index contributed by atoms with van der Waals surface area (Å²) in [7, 11) is 0. The highest BCUT2D eigenvalue weighted by molar-refractivity contribution is 6.46. The van der Waals surface area contributed by atoms with Gasteiger partial charge in [-0.25, -0.2) is 4.79 Å². The van der Waals surface area contributed by atoms with Crippen LogP contribution in [0.3, 0.4) is 0 Å². The lowest BCUT2D eigenvalue weighted by molar-refractivity contribution is 0.0697. The maximum Gasteiger partial charge on any atom is 0.338 e. The quantitative estimate of drug-likeness (QED) is 0.769. The third-order valence-electron chi connectivity index (χ3n) is 2.07. The largest absolute Gasteiger partial charge is 0.478 e. The minimum absolute atomic E-state index is 0.00716. The highest BCUT2D eigenvalue weighted by Gasteiger charge is 2.20. The van der Waals surface area contributed by atoms with E-state index in [-0.39, 0.29) is 20.6 Å². The Morgan fingerprint density at radius 2 is 1.43 bits per heavy atom. The van der Waals surface area contributed by atoms with Crippen LogP contribution in [-0.2, 0) is 0 Å². The molecule has 0 aliphatic heterocycles. The number of halogens is 3. The molecule has 2 nitrogen and oxygen atoms in total. The Balaban J connectivity index is 3.68. The van der Waals surface area contributed by atoms with E-state index in [2.05, 4.69) is 0 Å². The van der Waals surface area contributed by atoms with E-state index in [1.165, 1.54) is 0 Å². The summed E-state index contributed by atoms with van der Waals surface area (Å²) in [6, 6.07) is 0. The molecule has 1 N–H and O–H groups in total. The molecule has 0 aliphatic rings. The molecule has 0 aliphatic carbocycles. The second kappa shape index (κ2) is 3.97. The summed E-state index contributed by atoms with van der Waals surface area (Å²) in [5, 5.41) is 9.24. The van der Waals surface area contributed by atoms with E-state index in [0.29, 0.717) is 11.1 Å². The lowest BCUT2D eigenvalue weighted by Gasteiger charge is -2.11. The zero-order valence-corrected chi connectivity index (χ0v) is 9.76. The van der Waals surface area contributed by atoms with Gasteiger partial charge in [0, 0.05) is 0 Å². The van der Waals surface area contributed by atoms with Crippen LogP contribution in [0.25, 0.3) is 0 Å². The molecule has 0 radical (unpaired) electrons. The van der Waals surface area contributed by atoms with Gasteiger partial charge in [0.05, 0.1) is 20.6 Å². The van der Waals surface area contributed by atoms with Crippen molar-refractivity contribution in [2.24, 2.45) is 0 Å². The van der Waals surface area contributed by atoms with Crippen LogP contribution >= 0.6 is 34.8 Å². The average molecular weight is 254 g/mol. The predicted octanol–water partition coefficient (Wildman–Crippen LogP) is 3.96. The predicted molar refractivity (Wildman–Crippen MR) is 57.9 cm³/mol. The number of aromatic carboxylic acids is 1. The molecule has 0 saturated carbocycles. The Bertz CT molecular complexity index is 384. The number of carboxylic acid groups (broad SMARTS) is 1. The number of rotatable bonds is 1. The molecule has 0 heterocycles. The molecule has 0 fully saturated rings. The second-order valence-corrected chi connectivity index (χ2v) is 4.01. The van der Waals surface area contributed by atoms with Crippen LogP contribution in [0.4, 0.5) is 0 Å². The van der Waals surface area contributed by atoms with Crippen molar-refractivity contribution >= 4 is 40.8 Å². The summed E-state index contributed by atoms with van der Waals surface area (Å²) in [6.07, 6.45) is 0. The topological polar surface area (TPSA) is 37.3 Å². The molecule has 1 aromatic rings. The molecule has 1 rings (SSSR count). The Kier molecular flexibility index (Phi) is 3.30. The summed E-state index contributed by atoms with van der Waals surface area (Å²) in [6.45, 7) is 3.44. The van der Waals surface area contributed by atoms with Gasteiger partial charge in [-0.2, -0.15) is 0 Å². The molecule has 0 unspecified atom stereocenters. The highest BCUT2D eigenvalue weighted by Crippen LogP contribution is 2.37. The Morgan fingerprint density at radius 1 is 1.00 bits per heavy atom. The van der Waals surface area contributed by atoms with E-state index in [0.717, 1.165) is 0 Å². The first kappa shape index (κ1) is 11.6. The van der Waals surface area contributed by atoms with Crippen LogP contribution < -0.4 is 0 Å². The van der Waals surface area contributed by atoms with Crippen LogP contribution in [0, 0.1) is 13.8 Å². The second-order valence-electron chi connectivity index (χ2n) is 2.87. The Hall–Kier alpha value is -0.440. The summed E-state index contributed by atoms with van der Waals surface area (Å²) in [5.41, 5.74) is 1.20. The Labute approximate surface area is 96.4 Å². The van der Waals surface area contributed by atoms with Crippen molar-refractivity contribution < 1.29 is 9.90 Å². The normalized spacial score (nSPS) is 10.4. The molecule has 14 heavy (non-hydrogen) atoms. The molecule has 0 atom stereocenters. The van der Waals surface area contributed by atoms with Crippen molar-refractivity contribution in [3.8, 4) is 0 Å². The van der Waals surface area contributed by atoms with E-state index in [1.54, 1.807) is 13.8 Å². The smallest absolute Gasteiger partial charge is 0.338 e. The maximum atomic E-state index is 10.8. The number of hydrogen-bond donors (Lipinski definition) is 1. The number of benzene rings is 1. The van der Waals surface area contributed by atoms with Gasteiger partial charge < -0.3 is 5.11 Å². The van der Waals surface area contributed by atoms with Crippen molar-refractivity contribution in [1.82, 2.24) is 0 Å². The van der Waals surface area contributed by atoms with Gasteiger partial charge in [-0.15, -0.1) is 0 Å². The van der Waals surface area contributed by atoms with Crippen molar-refractivity contribution in [3.05, 3.63) is 31.8 Å². The van der Waals surface area contributed by atoms with Crippen molar-refractivity contribution in [2.75, 3.05) is 0 Å². The van der Waals surface area contributed by atoms with Crippen LogP contribution in [0.1, 0.15) is 21.5 Å². The first-order chi connectivity index (χ1) is 6.37. The summed E-state index contributed by atoms with van der Waals surface area (Å²) < 4.78 is 0. The van der Waals surface area contributed by atoms with Crippen LogP contribution in [0.2, 0.25) is 15.1 Å². The van der Waals surface area contributed by atoms with Gasteiger partial charge in [0.1, 0.15) is 0 Å². The summed E-state index contributed by atoms with van der Waals surface area (Å²) >= 11 is 17.5. The molecular formula is C9H7Cl3O2. The van der Waals surface area contributed by atoms with Gasteiger partial charge in [0.25, 0.3) is 0 Å². The number of carboxylic acids is 1. The first-order valence-electron chi connectivity index (χ1n) is 3.74. The first-order valence-corrected chi connectivity index (χ1v) is 4.88. The zero-order chi connectivity index (χ0) is 11.0. The SMILES string of the molecule is Cc1c(C)c(Cl)c(C(=O)O)c(Cl)c1Cl. The molecule has 0 spiro atoms. The van der Waals surface area contributed by atoms with Gasteiger partial charge in [-0.1, -0.05) is 34.8 Å². The van der Waals surface area contributed by atoms with Gasteiger partial charge in [0.15, 0.2) is 0 Å². The molecular weight excluding hydrogens is 246 g/mol. The van der Waals surface area contributed by atoms with Gasteiger partial charge in [-0.05, 0) is 25.0 Å². The Morgan fingerprint density at radius 3 is 1.86 bits per heavy atom. The molecule has 1 aromatic carbocycles.